The Morgan fingerprint density at radius 1 is 1.11 bits per heavy atom. The van der Waals surface area contributed by atoms with E-state index in [2.05, 4.69) is 23.8 Å². The first kappa shape index (κ1) is 15.5. The van der Waals surface area contributed by atoms with Crippen LogP contribution in [-0.2, 0) is 4.74 Å². The fraction of sp³-hybridized carbons (Fsp3) is 0.692. The van der Waals surface area contributed by atoms with Crippen LogP contribution >= 0.6 is 0 Å². The van der Waals surface area contributed by atoms with Gasteiger partial charge in [-0.05, 0) is 19.8 Å². The van der Waals surface area contributed by atoms with E-state index in [1.54, 1.807) is 0 Å². The van der Waals surface area contributed by atoms with Gasteiger partial charge in [-0.3, -0.25) is 0 Å². The van der Waals surface area contributed by atoms with E-state index in [1.165, 1.54) is 6.33 Å². The zero-order valence-electron chi connectivity index (χ0n) is 12.0. The number of nitrogen functional groups attached to an aromatic ring is 1. The van der Waals surface area contributed by atoms with Crippen molar-refractivity contribution in [1.82, 2.24) is 9.97 Å². The van der Waals surface area contributed by atoms with Gasteiger partial charge in [0.25, 0.3) is 0 Å². The molecule has 19 heavy (non-hydrogen) atoms. The van der Waals surface area contributed by atoms with Gasteiger partial charge < -0.3 is 19.9 Å². The number of ether oxygens (including phenoxy) is 3. The molecule has 108 valence electrons. The van der Waals surface area contributed by atoms with Gasteiger partial charge in [-0.2, -0.15) is 9.97 Å². The van der Waals surface area contributed by atoms with Gasteiger partial charge in [0.2, 0.25) is 11.8 Å². The minimum Gasteiger partial charge on any atom is -0.474 e. The first-order valence-corrected chi connectivity index (χ1v) is 6.48. The van der Waals surface area contributed by atoms with Crippen LogP contribution in [0.3, 0.4) is 0 Å². The third-order valence-corrected chi connectivity index (χ3v) is 2.08. The van der Waals surface area contributed by atoms with E-state index >= 15 is 0 Å². The van der Waals surface area contributed by atoms with Gasteiger partial charge in [0.1, 0.15) is 12.9 Å². The highest BCUT2D eigenvalue weighted by molar-refractivity contribution is 5.55. The number of rotatable bonds is 8. The summed E-state index contributed by atoms with van der Waals surface area (Å²) in [5.74, 6) is 1.19. The average Bonchev–Trinajstić information content (AvgIpc) is 2.32. The molecule has 0 aliphatic carbocycles. The van der Waals surface area contributed by atoms with Gasteiger partial charge in [-0.1, -0.05) is 13.8 Å². The molecule has 0 aliphatic heterocycles. The van der Waals surface area contributed by atoms with E-state index in [9.17, 15) is 0 Å². The number of hydrogen-bond donors (Lipinski definition) is 1. The second-order valence-electron chi connectivity index (χ2n) is 4.88. The molecule has 0 spiro atoms. The van der Waals surface area contributed by atoms with Crippen LogP contribution in [0.5, 0.6) is 11.8 Å². The van der Waals surface area contributed by atoms with Crippen LogP contribution < -0.4 is 15.2 Å². The van der Waals surface area contributed by atoms with Crippen molar-refractivity contribution < 1.29 is 14.2 Å². The van der Waals surface area contributed by atoms with Crippen molar-refractivity contribution in [3.63, 3.8) is 0 Å². The molecule has 1 heterocycles. The largest absolute Gasteiger partial charge is 0.474 e. The first-order chi connectivity index (χ1) is 9.00. The lowest BCUT2D eigenvalue weighted by Crippen LogP contribution is -2.13. The van der Waals surface area contributed by atoms with Crippen LogP contribution in [0.25, 0.3) is 0 Å². The maximum Gasteiger partial charge on any atom is 0.244 e. The molecular formula is C13H23N3O3. The fourth-order valence-electron chi connectivity index (χ4n) is 1.31. The molecule has 0 saturated carbocycles. The fourth-order valence-corrected chi connectivity index (χ4v) is 1.31. The van der Waals surface area contributed by atoms with Gasteiger partial charge in [0.15, 0.2) is 5.69 Å². The Morgan fingerprint density at radius 3 is 2.42 bits per heavy atom. The molecule has 0 aromatic carbocycles. The van der Waals surface area contributed by atoms with Crippen molar-refractivity contribution in [3.8, 4) is 11.8 Å². The second-order valence-corrected chi connectivity index (χ2v) is 4.88. The normalized spacial score (nSPS) is 11.1. The second kappa shape index (κ2) is 7.78. The van der Waals surface area contributed by atoms with Crippen LogP contribution in [0.4, 0.5) is 5.69 Å². The molecular weight excluding hydrogens is 246 g/mol. The van der Waals surface area contributed by atoms with Crippen LogP contribution in [0.15, 0.2) is 6.33 Å². The Morgan fingerprint density at radius 2 is 1.79 bits per heavy atom. The third kappa shape index (κ3) is 5.74. The summed E-state index contributed by atoms with van der Waals surface area (Å²) < 4.78 is 16.3. The molecule has 0 amide bonds. The van der Waals surface area contributed by atoms with Gasteiger partial charge in [0.05, 0.1) is 12.7 Å². The lowest BCUT2D eigenvalue weighted by Gasteiger charge is -2.13. The molecule has 1 rings (SSSR count). The van der Waals surface area contributed by atoms with Crippen molar-refractivity contribution in [2.45, 2.75) is 33.8 Å². The van der Waals surface area contributed by atoms with Gasteiger partial charge in [-0.25, -0.2) is 0 Å². The molecule has 6 heteroatoms. The van der Waals surface area contributed by atoms with Crippen LogP contribution in [0.2, 0.25) is 0 Å². The third-order valence-electron chi connectivity index (χ3n) is 2.08. The standard InChI is InChI=1S/C13H23N3O3/c1-9(2)7-17-5-6-18-12-11(14)13(16-8-15-12)19-10(3)4/h8-10H,5-7,14H2,1-4H3. The van der Waals surface area contributed by atoms with E-state index in [-0.39, 0.29) is 6.10 Å². The smallest absolute Gasteiger partial charge is 0.244 e. The Hall–Kier alpha value is -1.56. The lowest BCUT2D eigenvalue weighted by atomic mass is 10.2. The minimum atomic E-state index is -0.000532. The Kier molecular flexibility index (Phi) is 6.35. The van der Waals surface area contributed by atoms with E-state index in [0.29, 0.717) is 43.2 Å². The average molecular weight is 269 g/mol. The zero-order valence-corrected chi connectivity index (χ0v) is 12.0. The van der Waals surface area contributed by atoms with Crippen molar-refractivity contribution in [2.75, 3.05) is 25.6 Å². The summed E-state index contributed by atoms with van der Waals surface area (Å²) in [6, 6.07) is 0. The zero-order chi connectivity index (χ0) is 14.3. The van der Waals surface area contributed by atoms with Crippen LogP contribution in [0.1, 0.15) is 27.7 Å². The van der Waals surface area contributed by atoms with E-state index < -0.39 is 0 Å². The Labute approximate surface area is 114 Å². The Bertz CT molecular complexity index is 383. The highest BCUT2D eigenvalue weighted by atomic mass is 16.5. The molecule has 2 N–H and O–H groups in total. The van der Waals surface area contributed by atoms with Gasteiger partial charge in [-0.15, -0.1) is 0 Å². The van der Waals surface area contributed by atoms with E-state index in [0.717, 1.165) is 0 Å². The summed E-state index contributed by atoms with van der Waals surface area (Å²) in [6.45, 7) is 9.61. The van der Waals surface area contributed by atoms with Crippen LogP contribution in [-0.4, -0.2) is 35.9 Å². The number of nitrogens with zero attached hydrogens (tertiary/aromatic N) is 2. The predicted octanol–water partition coefficient (Wildman–Crippen LogP) is 1.90. The maximum absolute atomic E-state index is 5.88. The molecule has 0 fully saturated rings. The lowest BCUT2D eigenvalue weighted by molar-refractivity contribution is 0.0806. The van der Waals surface area contributed by atoms with Crippen molar-refractivity contribution in [3.05, 3.63) is 6.33 Å². The molecule has 0 atom stereocenters. The Balaban J connectivity index is 2.45. The molecule has 1 aromatic heterocycles. The molecule has 0 radical (unpaired) electrons. The summed E-state index contributed by atoms with van der Waals surface area (Å²) in [7, 11) is 0. The van der Waals surface area contributed by atoms with Crippen LogP contribution in [0, 0.1) is 5.92 Å². The molecule has 0 bridgehead atoms. The highest BCUT2D eigenvalue weighted by Crippen LogP contribution is 2.27. The molecule has 0 saturated heterocycles. The summed E-state index contributed by atoms with van der Waals surface area (Å²) in [5.41, 5.74) is 6.20. The minimum absolute atomic E-state index is 0.000532. The highest BCUT2D eigenvalue weighted by Gasteiger charge is 2.11. The number of aromatic nitrogens is 2. The molecule has 1 aromatic rings. The topological polar surface area (TPSA) is 79.5 Å². The number of hydrogen-bond acceptors (Lipinski definition) is 6. The molecule has 6 nitrogen and oxygen atoms in total. The molecule has 0 unspecified atom stereocenters. The quantitative estimate of drug-likeness (QED) is 0.726. The van der Waals surface area contributed by atoms with E-state index in [4.69, 9.17) is 19.9 Å². The van der Waals surface area contributed by atoms with E-state index in [1.807, 2.05) is 13.8 Å². The maximum atomic E-state index is 5.88. The molecule has 0 aliphatic rings. The van der Waals surface area contributed by atoms with Crippen molar-refractivity contribution in [2.24, 2.45) is 5.92 Å². The summed E-state index contributed by atoms with van der Waals surface area (Å²) in [5, 5.41) is 0. The number of nitrogens with two attached hydrogens (primary N) is 1. The predicted molar refractivity (Wildman–Crippen MR) is 73.4 cm³/mol. The summed E-state index contributed by atoms with van der Waals surface area (Å²) >= 11 is 0. The summed E-state index contributed by atoms with van der Waals surface area (Å²) in [6.07, 6.45) is 1.37. The number of anilines is 1. The monoisotopic (exact) mass is 269 g/mol. The van der Waals surface area contributed by atoms with Gasteiger partial charge >= 0.3 is 0 Å². The van der Waals surface area contributed by atoms with Gasteiger partial charge in [0, 0.05) is 6.61 Å². The van der Waals surface area contributed by atoms with Crippen molar-refractivity contribution >= 4 is 5.69 Å². The summed E-state index contributed by atoms with van der Waals surface area (Å²) in [4.78, 5) is 7.96. The first-order valence-electron chi connectivity index (χ1n) is 6.48. The van der Waals surface area contributed by atoms with Crippen molar-refractivity contribution in [1.29, 1.82) is 0 Å². The SMILES string of the molecule is CC(C)COCCOc1ncnc(OC(C)C)c1N.